The highest BCUT2D eigenvalue weighted by atomic mass is 19.4. The van der Waals surface area contributed by atoms with E-state index in [1.165, 1.54) is 19.3 Å². The number of hydrogen-bond acceptors (Lipinski definition) is 3. The fraction of sp³-hybridized carbons (Fsp3) is 0.800. The molecule has 0 radical (unpaired) electrons. The van der Waals surface area contributed by atoms with Crippen LogP contribution in [0.25, 0.3) is 0 Å². The van der Waals surface area contributed by atoms with E-state index in [9.17, 15) is 31.1 Å². The van der Waals surface area contributed by atoms with Gasteiger partial charge in [-0.2, -0.15) is 31.4 Å². The molecular weight excluding hydrogens is 412 g/mol. The van der Waals surface area contributed by atoms with E-state index >= 15 is 0 Å². The average molecular weight is 435 g/mol. The molecule has 4 saturated carbocycles. The lowest BCUT2D eigenvalue weighted by atomic mass is 9.48. The summed E-state index contributed by atoms with van der Waals surface area (Å²) in [5, 5.41) is 5.81. The van der Waals surface area contributed by atoms with Crippen molar-refractivity contribution in [2.45, 2.75) is 75.8 Å². The predicted octanol–water partition coefficient (Wildman–Crippen LogP) is 5.52. The Morgan fingerprint density at radius 1 is 1.00 bits per heavy atom. The third-order valence-electron chi connectivity index (χ3n) is 7.63. The standard InChI is InChI=1S/C20H23F6N3O/c21-19(22,23)15-4-16(20(24,25)26)29-17(28-15)13(9-27-29)14(30)8-18-5-10-1-11(6-18)3-12(2-10)7-18/h9-12,15-16,28H,1-8H2. The quantitative estimate of drug-likeness (QED) is 0.502. The first-order chi connectivity index (χ1) is 13.9. The van der Waals surface area contributed by atoms with Gasteiger partial charge in [0.2, 0.25) is 0 Å². The molecular formula is C20H23F6N3O. The predicted molar refractivity (Wildman–Crippen MR) is 95.0 cm³/mol. The van der Waals surface area contributed by atoms with Gasteiger partial charge >= 0.3 is 12.4 Å². The Hall–Kier alpha value is -1.74. The van der Waals surface area contributed by atoms with Crippen LogP contribution in [0.4, 0.5) is 32.2 Å². The zero-order valence-electron chi connectivity index (χ0n) is 16.2. The van der Waals surface area contributed by atoms with Crippen LogP contribution in [-0.4, -0.2) is 34.0 Å². The van der Waals surface area contributed by atoms with Gasteiger partial charge < -0.3 is 5.32 Å². The SMILES string of the molecule is O=C(CC12CC3CC(CC(C3)C1)C2)c1cnn2c1NC(C(F)(F)F)CC2C(F)(F)F. The van der Waals surface area contributed by atoms with Crippen molar-refractivity contribution < 1.29 is 31.1 Å². The largest absolute Gasteiger partial charge is 0.410 e. The summed E-state index contributed by atoms with van der Waals surface area (Å²) < 4.78 is 80.7. The Labute approximate surface area is 169 Å². The van der Waals surface area contributed by atoms with Crippen molar-refractivity contribution in [3.05, 3.63) is 11.8 Å². The van der Waals surface area contributed by atoms with Crippen LogP contribution in [0.2, 0.25) is 0 Å². The van der Waals surface area contributed by atoms with Crippen LogP contribution in [0.1, 0.15) is 67.8 Å². The van der Waals surface area contributed by atoms with Crippen molar-refractivity contribution in [3.8, 4) is 0 Å². The number of Topliss-reactive ketones (excluding diaryl/α,β-unsaturated/α-hetero) is 1. The van der Waals surface area contributed by atoms with Crippen molar-refractivity contribution in [1.29, 1.82) is 0 Å². The maximum atomic E-state index is 13.4. The molecule has 10 heteroatoms. The summed E-state index contributed by atoms with van der Waals surface area (Å²) in [5.74, 6) is 0.905. The first-order valence-corrected chi connectivity index (χ1v) is 10.4. The first kappa shape index (κ1) is 20.2. The summed E-state index contributed by atoms with van der Waals surface area (Å²) in [6.07, 6.45) is -3.47. The van der Waals surface area contributed by atoms with Crippen molar-refractivity contribution in [3.63, 3.8) is 0 Å². The lowest BCUT2D eigenvalue weighted by Crippen LogP contribution is -2.47. The van der Waals surface area contributed by atoms with Crippen LogP contribution in [-0.2, 0) is 0 Å². The molecule has 4 nitrogen and oxygen atoms in total. The lowest BCUT2D eigenvalue weighted by Gasteiger charge is -2.56. The number of hydrogen-bond donors (Lipinski definition) is 1. The average Bonchev–Trinajstić information content (AvgIpc) is 3.01. The molecule has 2 unspecified atom stereocenters. The highest BCUT2D eigenvalue weighted by molar-refractivity contribution is 6.01. The second kappa shape index (κ2) is 6.38. The lowest BCUT2D eigenvalue weighted by molar-refractivity contribution is -0.192. The molecule has 4 aliphatic carbocycles. The van der Waals surface area contributed by atoms with Gasteiger partial charge in [0.25, 0.3) is 0 Å². The topological polar surface area (TPSA) is 46.9 Å². The molecule has 30 heavy (non-hydrogen) atoms. The van der Waals surface area contributed by atoms with Gasteiger partial charge in [0.05, 0.1) is 11.8 Å². The molecule has 1 aromatic rings. The molecule has 6 rings (SSSR count). The molecule has 1 aliphatic heterocycles. The number of nitrogens with zero attached hydrogens (tertiary/aromatic N) is 2. The summed E-state index contributed by atoms with van der Waals surface area (Å²) in [6.45, 7) is 0. The van der Waals surface area contributed by atoms with Gasteiger partial charge in [-0.3, -0.25) is 4.79 Å². The second-order valence-corrected chi connectivity index (χ2v) is 9.90. The minimum atomic E-state index is -4.90. The third-order valence-corrected chi connectivity index (χ3v) is 7.63. The van der Waals surface area contributed by atoms with E-state index in [0.29, 0.717) is 22.4 Å². The van der Waals surface area contributed by atoms with Crippen LogP contribution in [0, 0.1) is 23.2 Å². The molecule has 4 bridgehead atoms. The Morgan fingerprint density at radius 2 is 1.57 bits per heavy atom. The number of nitrogens with one attached hydrogen (secondary N) is 1. The van der Waals surface area contributed by atoms with Crippen molar-refractivity contribution in [1.82, 2.24) is 9.78 Å². The summed E-state index contributed by atoms with van der Waals surface area (Å²) in [7, 11) is 0. The highest BCUT2D eigenvalue weighted by Gasteiger charge is 2.54. The van der Waals surface area contributed by atoms with Crippen molar-refractivity contribution in [2.75, 3.05) is 5.32 Å². The molecule has 1 aromatic heterocycles. The maximum Gasteiger partial charge on any atom is 0.410 e. The minimum Gasteiger partial charge on any atom is -0.358 e. The molecule has 0 amide bonds. The summed E-state index contributed by atoms with van der Waals surface area (Å²) in [5.41, 5.74) is -0.323. The first-order valence-electron chi connectivity index (χ1n) is 10.4. The van der Waals surface area contributed by atoms with Gasteiger partial charge in [0.15, 0.2) is 11.8 Å². The van der Waals surface area contributed by atoms with E-state index in [2.05, 4.69) is 10.4 Å². The molecule has 1 N–H and O–H groups in total. The Balaban J connectivity index is 1.44. The van der Waals surface area contributed by atoms with Gasteiger partial charge in [0.1, 0.15) is 11.9 Å². The van der Waals surface area contributed by atoms with E-state index in [1.54, 1.807) is 0 Å². The smallest absolute Gasteiger partial charge is 0.358 e. The maximum absolute atomic E-state index is 13.4. The van der Waals surface area contributed by atoms with Gasteiger partial charge in [-0.1, -0.05) is 0 Å². The number of carbonyl (C=O) groups is 1. The highest BCUT2D eigenvalue weighted by Crippen LogP contribution is 2.61. The molecule has 2 heterocycles. The Bertz CT molecular complexity index is 822. The monoisotopic (exact) mass is 435 g/mol. The summed E-state index contributed by atoms with van der Waals surface area (Å²) in [6, 6.07) is -4.79. The molecule has 2 atom stereocenters. The van der Waals surface area contributed by atoms with E-state index in [1.807, 2.05) is 0 Å². The Kier molecular flexibility index (Phi) is 4.29. The fourth-order valence-corrected chi connectivity index (χ4v) is 6.92. The number of anilines is 1. The van der Waals surface area contributed by atoms with Crippen molar-refractivity contribution in [2.24, 2.45) is 23.2 Å². The van der Waals surface area contributed by atoms with Crippen LogP contribution in [0.5, 0.6) is 0 Å². The van der Waals surface area contributed by atoms with Crippen LogP contribution < -0.4 is 5.32 Å². The minimum absolute atomic E-state index is 0.158. The third kappa shape index (κ3) is 3.30. The molecule has 5 aliphatic rings. The van der Waals surface area contributed by atoms with Gasteiger partial charge in [0, 0.05) is 12.8 Å². The summed E-state index contributed by atoms with van der Waals surface area (Å²) in [4.78, 5) is 13.1. The van der Waals surface area contributed by atoms with E-state index < -0.39 is 42.5 Å². The van der Waals surface area contributed by atoms with Crippen molar-refractivity contribution >= 4 is 11.6 Å². The van der Waals surface area contributed by atoms with Crippen LogP contribution in [0.15, 0.2) is 6.20 Å². The van der Waals surface area contributed by atoms with Crippen LogP contribution in [0.3, 0.4) is 0 Å². The number of halogens is 6. The van der Waals surface area contributed by atoms with Gasteiger partial charge in [-0.25, -0.2) is 4.68 Å². The number of ketones is 1. The molecule has 0 aromatic carbocycles. The zero-order valence-corrected chi connectivity index (χ0v) is 16.2. The van der Waals surface area contributed by atoms with Crippen LogP contribution >= 0.6 is 0 Å². The number of carbonyl (C=O) groups excluding carboxylic acids is 1. The number of fused-ring (bicyclic) bond motifs is 1. The van der Waals surface area contributed by atoms with E-state index in [4.69, 9.17) is 0 Å². The number of aromatic nitrogens is 2. The number of alkyl halides is 6. The summed E-state index contributed by atoms with van der Waals surface area (Å²) >= 11 is 0. The van der Waals surface area contributed by atoms with E-state index in [0.717, 1.165) is 25.5 Å². The molecule has 0 spiro atoms. The van der Waals surface area contributed by atoms with Gasteiger partial charge in [-0.15, -0.1) is 0 Å². The Morgan fingerprint density at radius 3 is 2.07 bits per heavy atom. The fourth-order valence-electron chi connectivity index (χ4n) is 6.92. The number of rotatable bonds is 3. The molecule has 4 fully saturated rings. The second-order valence-electron chi connectivity index (χ2n) is 9.90. The van der Waals surface area contributed by atoms with Gasteiger partial charge in [-0.05, 0) is 61.7 Å². The zero-order chi connectivity index (χ0) is 21.5. The van der Waals surface area contributed by atoms with E-state index in [-0.39, 0.29) is 17.4 Å². The molecule has 0 saturated heterocycles. The normalized spacial score (nSPS) is 37.7. The molecule has 166 valence electrons.